The first kappa shape index (κ1) is 21.3. The number of halogens is 2. The summed E-state index contributed by atoms with van der Waals surface area (Å²) in [5.74, 6) is -1.62. The third-order valence-corrected chi connectivity index (χ3v) is 5.13. The molecule has 0 aliphatic carbocycles. The van der Waals surface area contributed by atoms with Gasteiger partial charge in [0.1, 0.15) is 17.3 Å². The van der Waals surface area contributed by atoms with E-state index in [-0.39, 0.29) is 11.1 Å². The highest BCUT2D eigenvalue weighted by Crippen LogP contribution is 2.24. The van der Waals surface area contributed by atoms with Gasteiger partial charge in [-0.25, -0.2) is 0 Å². The van der Waals surface area contributed by atoms with E-state index in [9.17, 15) is 20.0 Å². The Kier molecular flexibility index (Phi) is 6.06. The molecule has 0 saturated heterocycles. The first-order valence-corrected chi connectivity index (χ1v) is 9.48. The molecule has 3 aromatic rings. The summed E-state index contributed by atoms with van der Waals surface area (Å²) in [5.41, 5.74) is 0.935. The van der Waals surface area contributed by atoms with Gasteiger partial charge in [0.05, 0.1) is 11.7 Å². The first-order valence-electron chi connectivity index (χ1n) is 8.72. The van der Waals surface area contributed by atoms with E-state index in [0.717, 1.165) is 15.8 Å². The Labute approximate surface area is 182 Å². The van der Waals surface area contributed by atoms with Gasteiger partial charge in [0, 0.05) is 15.6 Å². The molecule has 0 spiro atoms. The maximum Gasteiger partial charge on any atom is 0.290 e. The van der Waals surface area contributed by atoms with E-state index in [1.165, 1.54) is 18.2 Å². The summed E-state index contributed by atoms with van der Waals surface area (Å²) in [6, 6.07) is 11.6. The molecule has 1 aromatic heterocycles. The van der Waals surface area contributed by atoms with E-state index in [4.69, 9.17) is 23.2 Å². The van der Waals surface area contributed by atoms with Gasteiger partial charge in [-0.2, -0.15) is 15.0 Å². The normalized spacial score (nSPS) is 10.9. The van der Waals surface area contributed by atoms with Crippen molar-refractivity contribution in [2.45, 2.75) is 13.8 Å². The monoisotopic (exact) mass is 438 g/mol. The Balaban J connectivity index is 2.23. The number of benzene rings is 2. The lowest BCUT2D eigenvalue weighted by Gasteiger charge is -2.13. The van der Waals surface area contributed by atoms with E-state index in [2.05, 4.69) is 5.10 Å². The fourth-order valence-corrected chi connectivity index (χ4v) is 3.27. The van der Waals surface area contributed by atoms with Crippen LogP contribution in [-0.2, 0) is 0 Å². The van der Waals surface area contributed by atoms with Gasteiger partial charge in [-0.3, -0.25) is 4.79 Å². The fraction of sp³-hybridized carbons (Fsp3) is 0.0909. The number of carbonyl (C=O) groups excluding carboxylic acids is 1. The van der Waals surface area contributed by atoms with E-state index < -0.39 is 17.2 Å². The molecular weight excluding hydrogens is 425 g/mol. The number of nitriles is 1. The summed E-state index contributed by atoms with van der Waals surface area (Å²) in [5, 5.41) is 26.0. The van der Waals surface area contributed by atoms with Gasteiger partial charge in [0.2, 0.25) is 0 Å². The second-order valence-corrected chi connectivity index (χ2v) is 7.36. The van der Waals surface area contributed by atoms with Gasteiger partial charge < -0.3 is 9.90 Å². The van der Waals surface area contributed by atoms with Crippen LogP contribution in [0.15, 0.2) is 41.2 Å². The molecule has 1 heterocycles. The summed E-state index contributed by atoms with van der Waals surface area (Å²) >= 11 is 12.0. The van der Waals surface area contributed by atoms with Crippen LogP contribution in [-0.4, -0.2) is 15.7 Å². The molecular formula is C22H14Cl2N3O3-. The maximum atomic E-state index is 12.9. The molecule has 0 aliphatic rings. The van der Waals surface area contributed by atoms with Gasteiger partial charge in [-0.1, -0.05) is 47.5 Å². The minimum atomic E-state index is -1.62. The average molecular weight is 439 g/mol. The number of hydrogen-bond donors (Lipinski definition) is 0. The molecule has 0 aliphatic heterocycles. The van der Waals surface area contributed by atoms with Gasteiger partial charge in [0.15, 0.2) is 0 Å². The molecule has 0 N–H and O–H groups in total. The number of hydrogen-bond acceptors (Lipinski definition) is 5. The van der Waals surface area contributed by atoms with E-state index in [0.29, 0.717) is 21.3 Å². The van der Waals surface area contributed by atoms with Crippen LogP contribution in [0, 0.1) is 25.2 Å². The number of carboxylic acids is 1. The summed E-state index contributed by atoms with van der Waals surface area (Å²) in [6.07, 6.45) is 2.78. The third-order valence-electron chi connectivity index (χ3n) is 4.56. The molecule has 0 atom stereocenters. The van der Waals surface area contributed by atoms with Gasteiger partial charge in [-0.15, -0.1) is 0 Å². The number of aromatic nitrogens is 2. The first-order chi connectivity index (χ1) is 14.2. The zero-order valence-electron chi connectivity index (χ0n) is 15.9. The van der Waals surface area contributed by atoms with Crippen LogP contribution in [0.1, 0.15) is 38.3 Å². The van der Waals surface area contributed by atoms with Crippen molar-refractivity contribution < 1.29 is 9.90 Å². The van der Waals surface area contributed by atoms with Crippen LogP contribution in [0.5, 0.6) is 0 Å². The quantitative estimate of drug-likeness (QED) is 0.619. The molecule has 3 rings (SSSR count). The molecule has 0 radical (unpaired) electrons. The summed E-state index contributed by atoms with van der Waals surface area (Å²) in [4.78, 5) is 24.7. The highest BCUT2D eigenvalue weighted by molar-refractivity contribution is 6.35. The summed E-state index contributed by atoms with van der Waals surface area (Å²) in [6.45, 7) is 3.75. The molecule has 0 unspecified atom stereocenters. The standard InChI is InChI=1S/C22H15Cl2N3O3/c1-12-3-7-16(9-13(12)2)27-21(28)18(11-25)17(20(26-27)22(29)30)8-5-14-4-6-15(23)10-19(14)24/h3-10H,1-2H3,(H,29,30)/p-1/b8-5+. The maximum absolute atomic E-state index is 12.9. The number of carbonyl (C=O) groups is 1. The van der Waals surface area contributed by atoms with Crippen LogP contribution in [0.4, 0.5) is 0 Å². The second-order valence-electron chi connectivity index (χ2n) is 6.52. The predicted octanol–water partition coefficient (Wildman–Crippen LogP) is 3.56. The van der Waals surface area contributed by atoms with Gasteiger partial charge >= 0.3 is 0 Å². The molecule has 2 aromatic carbocycles. The number of carboxylic acid groups (broad SMARTS) is 1. The van der Waals surface area contributed by atoms with Crippen molar-refractivity contribution in [3.8, 4) is 11.8 Å². The van der Waals surface area contributed by atoms with Crippen LogP contribution < -0.4 is 10.7 Å². The summed E-state index contributed by atoms with van der Waals surface area (Å²) in [7, 11) is 0. The number of aromatic carboxylic acids is 1. The Morgan fingerprint density at radius 2 is 1.87 bits per heavy atom. The van der Waals surface area contributed by atoms with Crippen molar-refractivity contribution in [2.24, 2.45) is 0 Å². The molecule has 150 valence electrons. The molecule has 0 amide bonds. The van der Waals surface area contributed by atoms with Crippen LogP contribution >= 0.6 is 23.2 Å². The Morgan fingerprint density at radius 3 is 2.47 bits per heavy atom. The SMILES string of the molecule is Cc1ccc(-n2nc(C(=O)[O-])c(/C=C/c3ccc(Cl)cc3Cl)c(C#N)c2=O)cc1C. The average Bonchev–Trinajstić information content (AvgIpc) is 2.69. The Morgan fingerprint density at radius 1 is 1.13 bits per heavy atom. The van der Waals surface area contributed by atoms with Crippen molar-refractivity contribution in [2.75, 3.05) is 0 Å². The van der Waals surface area contributed by atoms with E-state index in [1.54, 1.807) is 36.4 Å². The highest BCUT2D eigenvalue weighted by atomic mass is 35.5. The molecule has 30 heavy (non-hydrogen) atoms. The lowest BCUT2D eigenvalue weighted by molar-refractivity contribution is -0.255. The van der Waals surface area contributed by atoms with Crippen molar-refractivity contribution in [3.63, 3.8) is 0 Å². The zero-order valence-corrected chi connectivity index (χ0v) is 17.5. The second kappa shape index (κ2) is 8.54. The van der Waals surface area contributed by atoms with E-state index >= 15 is 0 Å². The van der Waals surface area contributed by atoms with Gasteiger partial charge in [-0.05, 0) is 54.8 Å². The minimum absolute atomic E-state index is 0.159. The zero-order chi connectivity index (χ0) is 22.0. The third kappa shape index (κ3) is 4.13. The van der Waals surface area contributed by atoms with Crippen molar-refractivity contribution >= 4 is 41.3 Å². The lowest BCUT2D eigenvalue weighted by Crippen LogP contribution is -2.33. The van der Waals surface area contributed by atoms with E-state index in [1.807, 2.05) is 13.8 Å². The van der Waals surface area contributed by atoms with Crippen LogP contribution in [0.3, 0.4) is 0 Å². The van der Waals surface area contributed by atoms with Crippen molar-refractivity contribution in [1.29, 1.82) is 5.26 Å². The van der Waals surface area contributed by atoms with Crippen molar-refractivity contribution in [1.82, 2.24) is 9.78 Å². The largest absolute Gasteiger partial charge is 0.543 e. The minimum Gasteiger partial charge on any atom is -0.543 e. The van der Waals surface area contributed by atoms with Gasteiger partial charge in [0.25, 0.3) is 5.56 Å². The Bertz CT molecular complexity index is 1300. The number of nitrogens with zero attached hydrogens (tertiary/aromatic N) is 3. The fourth-order valence-electron chi connectivity index (χ4n) is 2.80. The molecule has 8 heteroatoms. The number of aryl methyl sites for hydroxylation is 2. The van der Waals surface area contributed by atoms with Crippen LogP contribution in [0.25, 0.3) is 17.8 Å². The highest BCUT2D eigenvalue weighted by Gasteiger charge is 2.18. The molecule has 6 nitrogen and oxygen atoms in total. The molecule has 0 saturated carbocycles. The lowest BCUT2D eigenvalue weighted by atomic mass is 10.1. The summed E-state index contributed by atoms with van der Waals surface area (Å²) < 4.78 is 0.892. The topological polar surface area (TPSA) is 98.8 Å². The number of rotatable bonds is 4. The van der Waals surface area contributed by atoms with Crippen LogP contribution in [0.2, 0.25) is 10.0 Å². The molecule has 0 fully saturated rings. The molecule has 0 bridgehead atoms. The predicted molar refractivity (Wildman–Crippen MR) is 114 cm³/mol. The van der Waals surface area contributed by atoms with Crippen molar-refractivity contribution in [3.05, 3.63) is 90.3 Å². The smallest absolute Gasteiger partial charge is 0.290 e. The Hall–Kier alpha value is -3.40.